The summed E-state index contributed by atoms with van der Waals surface area (Å²) in [7, 11) is 0. The van der Waals surface area contributed by atoms with Crippen LogP contribution in [-0.4, -0.2) is 218 Å². The molecule has 4 fully saturated rings. The minimum absolute atomic E-state index is 0.0361. The second-order valence-electron chi connectivity index (χ2n) is 13.7. The smallest absolute Gasteiger partial charge is 0.335 e. The summed E-state index contributed by atoms with van der Waals surface area (Å²) >= 11 is 0. The maximum atomic E-state index is 12.5. The zero-order valence-corrected chi connectivity index (χ0v) is 30.3. The van der Waals surface area contributed by atoms with Crippen LogP contribution in [0.3, 0.4) is 0 Å². The zero-order valence-electron chi connectivity index (χ0n) is 30.3. The Morgan fingerprint density at radius 1 is 0.589 bits per heavy atom. The van der Waals surface area contributed by atoms with Crippen LogP contribution in [0, 0.1) is 5.92 Å². The molecule has 0 aromatic heterocycles. The van der Waals surface area contributed by atoms with Gasteiger partial charge in [-0.15, -0.1) is 0 Å². The van der Waals surface area contributed by atoms with Gasteiger partial charge in [0, 0.05) is 26.3 Å². The standard InChI is InChI=1S/C31H51N3O22/c1-8-15(39)22(53-29-13(33-9(2)37)17(41)16(40)11(6-35)50-29)24(26(45)46)55-28(8)52-21-12(7-36)51-30(14(18(21)42)34-10(3)38)54-23-19(43)20(44)31(49-5-4-32)56-25(23)27(47)48/h8,11-25,28-31,35-36,39-44H,4-7,32H2,1-3H3,(H,33,37)(H,34,38)(H,45,46)(H,47,48). The van der Waals surface area contributed by atoms with Crippen LogP contribution in [-0.2, 0) is 57.1 Å². The molecule has 4 aliphatic heterocycles. The van der Waals surface area contributed by atoms with E-state index in [4.69, 9.17) is 43.6 Å². The van der Waals surface area contributed by atoms with E-state index in [1.54, 1.807) is 0 Å². The van der Waals surface area contributed by atoms with Crippen molar-refractivity contribution in [3.8, 4) is 0 Å². The summed E-state index contributed by atoms with van der Waals surface area (Å²) in [5, 5.41) is 110. The van der Waals surface area contributed by atoms with E-state index in [0.717, 1.165) is 13.8 Å². The number of ether oxygens (including phenoxy) is 8. The van der Waals surface area contributed by atoms with E-state index in [0.29, 0.717) is 0 Å². The number of nitrogens with one attached hydrogen (secondary N) is 2. The molecule has 322 valence electrons. The van der Waals surface area contributed by atoms with Crippen molar-refractivity contribution in [2.45, 2.75) is 137 Å². The number of amides is 2. The molecule has 25 nitrogen and oxygen atoms in total. The second-order valence-corrected chi connectivity index (χ2v) is 13.7. The van der Waals surface area contributed by atoms with Crippen LogP contribution in [0.15, 0.2) is 0 Å². The summed E-state index contributed by atoms with van der Waals surface area (Å²) < 4.78 is 44.8. The fraction of sp³-hybridized carbons (Fsp3) is 0.871. The third kappa shape index (κ3) is 10.1. The number of rotatable bonds is 15. The molecular weight excluding hydrogens is 766 g/mol. The van der Waals surface area contributed by atoms with Crippen LogP contribution in [0.1, 0.15) is 20.8 Å². The van der Waals surface area contributed by atoms with Crippen LogP contribution in [0.4, 0.5) is 0 Å². The van der Waals surface area contributed by atoms with Gasteiger partial charge in [-0.05, 0) is 0 Å². The maximum absolute atomic E-state index is 12.5. The van der Waals surface area contributed by atoms with Crippen molar-refractivity contribution in [1.29, 1.82) is 0 Å². The molecule has 4 aliphatic rings. The van der Waals surface area contributed by atoms with Gasteiger partial charge in [-0.25, -0.2) is 9.59 Å². The van der Waals surface area contributed by atoms with Crippen molar-refractivity contribution in [2.24, 2.45) is 11.7 Å². The van der Waals surface area contributed by atoms with E-state index in [9.17, 15) is 70.2 Å². The number of aliphatic hydroxyl groups is 8. The van der Waals surface area contributed by atoms with Crippen LogP contribution >= 0.6 is 0 Å². The second kappa shape index (κ2) is 19.8. The highest BCUT2D eigenvalue weighted by Crippen LogP contribution is 2.36. The predicted molar refractivity (Wildman–Crippen MR) is 174 cm³/mol. The van der Waals surface area contributed by atoms with Gasteiger partial charge in [-0.2, -0.15) is 0 Å². The summed E-state index contributed by atoms with van der Waals surface area (Å²) in [5.74, 6) is -6.13. The fourth-order valence-corrected chi connectivity index (χ4v) is 6.79. The molecule has 0 aromatic carbocycles. The zero-order chi connectivity index (χ0) is 41.8. The van der Waals surface area contributed by atoms with Gasteiger partial charge in [0.2, 0.25) is 11.8 Å². The molecule has 4 heterocycles. The number of carbonyl (C=O) groups is 4. The van der Waals surface area contributed by atoms with E-state index in [2.05, 4.69) is 10.6 Å². The van der Waals surface area contributed by atoms with Gasteiger partial charge in [0.25, 0.3) is 0 Å². The quantitative estimate of drug-likeness (QED) is 0.0730. The Bertz CT molecular complexity index is 1350. The Balaban J connectivity index is 1.56. The van der Waals surface area contributed by atoms with Crippen LogP contribution in [0.25, 0.3) is 0 Å². The molecule has 0 spiro atoms. The lowest BCUT2D eigenvalue weighted by atomic mass is 9.90. The minimum atomic E-state index is -2.09. The molecule has 4 rings (SSSR count). The van der Waals surface area contributed by atoms with Gasteiger partial charge in [0.15, 0.2) is 37.4 Å². The monoisotopic (exact) mass is 817 g/mol. The van der Waals surface area contributed by atoms with Crippen molar-refractivity contribution < 1.29 is 108 Å². The average molecular weight is 818 g/mol. The summed E-state index contributed by atoms with van der Waals surface area (Å²) in [6, 6.07) is -3.19. The number of aliphatic carboxylic acids is 2. The van der Waals surface area contributed by atoms with Crippen molar-refractivity contribution in [3.63, 3.8) is 0 Å². The molecular formula is C31H51N3O22. The lowest BCUT2D eigenvalue weighted by Crippen LogP contribution is -2.69. The third-order valence-corrected chi connectivity index (χ3v) is 9.66. The molecule has 14 N–H and O–H groups in total. The van der Waals surface area contributed by atoms with Gasteiger partial charge in [-0.3, -0.25) is 9.59 Å². The largest absolute Gasteiger partial charge is 0.479 e. The fourth-order valence-electron chi connectivity index (χ4n) is 6.79. The lowest BCUT2D eigenvalue weighted by Gasteiger charge is -2.50. The number of aliphatic hydroxyl groups excluding tert-OH is 8. The Morgan fingerprint density at radius 2 is 1.05 bits per heavy atom. The predicted octanol–water partition coefficient (Wildman–Crippen LogP) is -8.02. The highest BCUT2D eigenvalue weighted by molar-refractivity contribution is 5.74. The summed E-state index contributed by atoms with van der Waals surface area (Å²) in [5.41, 5.74) is 5.38. The first-order valence-electron chi connectivity index (χ1n) is 17.6. The third-order valence-electron chi connectivity index (χ3n) is 9.66. The first-order chi connectivity index (χ1) is 26.4. The van der Waals surface area contributed by atoms with Crippen molar-refractivity contribution >= 4 is 23.8 Å². The molecule has 20 unspecified atom stereocenters. The van der Waals surface area contributed by atoms with Gasteiger partial charge in [0.1, 0.15) is 73.1 Å². The van der Waals surface area contributed by atoms with Crippen molar-refractivity contribution in [2.75, 3.05) is 26.4 Å². The van der Waals surface area contributed by atoms with Crippen LogP contribution in [0.5, 0.6) is 0 Å². The van der Waals surface area contributed by atoms with Crippen LogP contribution < -0.4 is 16.4 Å². The molecule has 56 heavy (non-hydrogen) atoms. The van der Waals surface area contributed by atoms with E-state index in [1.165, 1.54) is 6.92 Å². The van der Waals surface area contributed by atoms with Crippen molar-refractivity contribution in [3.05, 3.63) is 0 Å². The molecule has 0 radical (unpaired) electrons. The molecule has 0 bridgehead atoms. The number of carboxylic acid groups (broad SMARTS) is 2. The van der Waals surface area contributed by atoms with Crippen LogP contribution in [0.2, 0.25) is 0 Å². The Kier molecular flexibility index (Phi) is 16.2. The summed E-state index contributed by atoms with van der Waals surface area (Å²) in [6.45, 7) is 1.43. The number of hydrogen-bond acceptors (Lipinski definition) is 21. The Hall–Kier alpha value is -2.80. The number of carbonyl (C=O) groups excluding carboxylic acids is 2. The highest BCUT2D eigenvalue weighted by atomic mass is 16.8. The van der Waals surface area contributed by atoms with E-state index in [-0.39, 0.29) is 13.2 Å². The van der Waals surface area contributed by atoms with E-state index in [1.807, 2.05) is 0 Å². The first-order valence-corrected chi connectivity index (χ1v) is 17.6. The number of nitrogens with two attached hydrogens (primary N) is 1. The Morgan fingerprint density at radius 3 is 1.54 bits per heavy atom. The maximum Gasteiger partial charge on any atom is 0.335 e. The molecule has 2 amide bonds. The number of carboxylic acids is 2. The average Bonchev–Trinajstić information content (AvgIpc) is 3.13. The molecule has 0 aromatic rings. The van der Waals surface area contributed by atoms with Gasteiger partial charge >= 0.3 is 11.9 Å². The normalized spacial score (nSPS) is 44.4. The van der Waals surface area contributed by atoms with Gasteiger partial charge in [0.05, 0.1) is 25.9 Å². The molecule has 0 aliphatic carbocycles. The van der Waals surface area contributed by atoms with E-state index >= 15 is 0 Å². The molecule has 20 atom stereocenters. The molecule has 25 heteroatoms. The molecule has 0 saturated carbocycles. The minimum Gasteiger partial charge on any atom is -0.479 e. The van der Waals surface area contributed by atoms with Gasteiger partial charge in [-0.1, -0.05) is 6.92 Å². The van der Waals surface area contributed by atoms with Crippen molar-refractivity contribution in [1.82, 2.24) is 10.6 Å². The molecule has 4 saturated heterocycles. The Labute approximate surface area is 318 Å². The topological polar surface area (TPSA) is 395 Å². The lowest BCUT2D eigenvalue weighted by molar-refractivity contribution is -0.365. The summed E-state index contributed by atoms with van der Waals surface area (Å²) in [4.78, 5) is 48.8. The van der Waals surface area contributed by atoms with E-state index < -0.39 is 159 Å². The number of hydrogen-bond donors (Lipinski definition) is 13. The SMILES string of the molecule is CC(=O)NC1C(OC2C(C(=O)O)OC(OC3C(CO)OC(OC4C(C(=O)O)OC(OCCN)C(O)C4O)C(NC(C)=O)C3O)C(C)C2O)OC(CO)C(O)C1O. The highest BCUT2D eigenvalue weighted by Gasteiger charge is 2.57. The summed E-state index contributed by atoms with van der Waals surface area (Å²) in [6.07, 6.45) is -30.7. The van der Waals surface area contributed by atoms with Gasteiger partial charge < -0.3 is 105 Å². The first kappa shape index (κ1) is 45.9.